The lowest BCUT2D eigenvalue weighted by molar-refractivity contribution is -0.122. The lowest BCUT2D eigenvalue weighted by atomic mass is 9.95. The van der Waals surface area contributed by atoms with Gasteiger partial charge in [-0.2, -0.15) is 5.10 Å². The summed E-state index contributed by atoms with van der Waals surface area (Å²) in [5.74, 6) is 0.775. The molecule has 0 N–H and O–H groups in total. The first-order valence-electron chi connectivity index (χ1n) is 8.10. The van der Waals surface area contributed by atoms with Crippen LogP contribution in [0.5, 0.6) is 0 Å². The Morgan fingerprint density at radius 3 is 2.81 bits per heavy atom. The number of likely N-dealkylation sites (tertiary alicyclic amines) is 1. The first kappa shape index (κ1) is 15.2. The van der Waals surface area contributed by atoms with Gasteiger partial charge in [-0.05, 0) is 62.0 Å². The Labute approximate surface area is 135 Å². The molecule has 1 aliphatic carbocycles. The van der Waals surface area contributed by atoms with E-state index in [2.05, 4.69) is 37.5 Å². The Morgan fingerprint density at radius 1 is 1.33 bits per heavy atom. The zero-order valence-corrected chi connectivity index (χ0v) is 14.5. The number of carbonyl (C=O) groups is 1. The fourth-order valence-corrected chi connectivity index (χ4v) is 4.38. The number of hydrogen-bond donors (Lipinski definition) is 0. The van der Waals surface area contributed by atoms with Gasteiger partial charge in [0.15, 0.2) is 0 Å². The van der Waals surface area contributed by atoms with Crippen molar-refractivity contribution in [3.63, 3.8) is 0 Å². The van der Waals surface area contributed by atoms with Gasteiger partial charge in [-0.1, -0.05) is 0 Å². The molecular formula is C16H24BrN3O. The summed E-state index contributed by atoms with van der Waals surface area (Å²) in [6.45, 7) is 7.08. The molecule has 4 nitrogen and oxygen atoms in total. The maximum Gasteiger partial charge on any atom is 0.137 e. The number of aromatic nitrogens is 2. The molecule has 1 aromatic heterocycles. The fraction of sp³-hybridized carbons (Fsp3) is 0.750. The monoisotopic (exact) mass is 353 g/mol. The number of aryl methyl sites for hydroxylation is 2. The van der Waals surface area contributed by atoms with Crippen molar-refractivity contribution in [1.29, 1.82) is 0 Å². The molecule has 1 aromatic rings. The average Bonchev–Trinajstić information content (AvgIpc) is 3.15. The Kier molecular flexibility index (Phi) is 4.50. The van der Waals surface area contributed by atoms with Gasteiger partial charge in [0.1, 0.15) is 5.78 Å². The smallest absolute Gasteiger partial charge is 0.137 e. The lowest BCUT2D eigenvalue weighted by Crippen LogP contribution is -2.37. The van der Waals surface area contributed by atoms with Crippen molar-refractivity contribution in [3.8, 4) is 0 Å². The minimum absolute atomic E-state index is 0.283. The van der Waals surface area contributed by atoms with Crippen LogP contribution in [0.2, 0.25) is 0 Å². The van der Waals surface area contributed by atoms with Crippen LogP contribution in [0.15, 0.2) is 4.47 Å². The average molecular weight is 354 g/mol. The molecule has 2 aliphatic rings. The highest BCUT2D eigenvalue weighted by Gasteiger charge is 2.38. The molecular weight excluding hydrogens is 330 g/mol. The normalized spacial score (nSPS) is 26.9. The summed E-state index contributed by atoms with van der Waals surface area (Å²) in [5, 5.41) is 4.58. The number of hydrogen-bond acceptors (Lipinski definition) is 3. The highest BCUT2D eigenvalue weighted by atomic mass is 79.9. The predicted octanol–water partition coefficient (Wildman–Crippen LogP) is 3.31. The third-order valence-corrected chi connectivity index (χ3v) is 6.07. The highest BCUT2D eigenvalue weighted by molar-refractivity contribution is 9.10. The molecule has 5 heteroatoms. The van der Waals surface area contributed by atoms with Crippen molar-refractivity contribution in [2.75, 3.05) is 6.54 Å². The Morgan fingerprint density at radius 2 is 2.14 bits per heavy atom. The molecule has 0 spiro atoms. The van der Waals surface area contributed by atoms with E-state index in [1.807, 2.05) is 6.92 Å². The molecule has 2 heterocycles. The Balaban J connectivity index is 1.79. The third-order valence-electron chi connectivity index (χ3n) is 5.04. The molecule has 0 bridgehead atoms. The van der Waals surface area contributed by atoms with Crippen LogP contribution in [0.1, 0.15) is 50.4 Å². The standard InChI is InChI=1S/C16H24BrN3O/c1-3-20-14(16(17)11(2)18-20)10-19-9-5-7-13(19)12-6-4-8-15(12)21/h12-13H,3-10H2,1-2H3. The SMILES string of the molecule is CCn1nc(C)c(Br)c1CN1CCCC1C1CCCC1=O. The van der Waals surface area contributed by atoms with E-state index in [4.69, 9.17) is 0 Å². The molecule has 2 fully saturated rings. The van der Waals surface area contributed by atoms with Crippen molar-refractivity contribution in [1.82, 2.24) is 14.7 Å². The van der Waals surface area contributed by atoms with Crippen LogP contribution in [0, 0.1) is 12.8 Å². The number of halogens is 1. The van der Waals surface area contributed by atoms with Gasteiger partial charge in [-0.15, -0.1) is 0 Å². The van der Waals surface area contributed by atoms with Crippen molar-refractivity contribution in [2.45, 2.75) is 65.1 Å². The van der Waals surface area contributed by atoms with E-state index in [1.54, 1.807) is 0 Å². The molecule has 0 amide bonds. The molecule has 116 valence electrons. The lowest BCUT2D eigenvalue weighted by Gasteiger charge is -2.28. The van der Waals surface area contributed by atoms with Gasteiger partial charge in [-0.3, -0.25) is 14.4 Å². The zero-order chi connectivity index (χ0) is 15.0. The maximum atomic E-state index is 12.1. The minimum atomic E-state index is 0.283. The summed E-state index contributed by atoms with van der Waals surface area (Å²) in [4.78, 5) is 14.6. The van der Waals surface area contributed by atoms with E-state index >= 15 is 0 Å². The zero-order valence-electron chi connectivity index (χ0n) is 12.9. The first-order chi connectivity index (χ1) is 10.1. The Bertz CT molecular complexity index is 540. The summed E-state index contributed by atoms with van der Waals surface area (Å²) < 4.78 is 3.22. The van der Waals surface area contributed by atoms with Crippen LogP contribution in [-0.4, -0.2) is 33.1 Å². The number of nitrogens with zero attached hydrogens (tertiary/aromatic N) is 3. The van der Waals surface area contributed by atoms with Crippen LogP contribution in [0.3, 0.4) is 0 Å². The Hall–Kier alpha value is -0.680. The fourth-order valence-electron chi connectivity index (χ4n) is 3.97. The van der Waals surface area contributed by atoms with E-state index in [1.165, 1.54) is 18.5 Å². The number of Topliss-reactive ketones (excluding diaryl/α,β-unsaturated/α-hetero) is 1. The first-order valence-corrected chi connectivity index (χ1v) is 8.89. The summed E-state index contributed by atoms with van der Waals surface area (Å²) in [5.41, 5.74) is 2.31. The van der Waals surface area contributed by atoms with Crippen LogP contribution >= 0.6 is 15.9 Å². The summed E-state index contributed by atoms with van der Waals surface area (Å²) in [6, 6.07) is 0.451. The third kappa shape index (κ3) is 2.82. The maximum absolute atomic E-state index is 12.1. The molecule has 0 radical (unpaired) electrons. The van der Waals surface area contributed by atoms with Crippen LogP contribution < -0.4 is 0 Å². The van der Waals surface area contributed by atoms with E-state index in [0.29, 0.717) is 11.8 Å². The van der Waals surface area contributed by atoms with Gasteiger partial charge in [-0.25, -0.2) is 0 Å². The number of ketones is 1. The number of carbonyl (C=O) groups excluding carboxylic acids is 1. The highest BCUT2D eigenvalue weighted by Crippen LogP contribution is 2.35. The molecule has 2 unspecified atom stereocenters. The summed E-state index contributed by atoms with van der Waals surface area (Å²) in [7, 11) is 0. The van der Waals surface area contributed by atoms with E-state index in [-0.39, 0.29) is 5.92 Å². The van der Waals surface area contributed by atoms with Gasteiger partial charge < -0.3 is 0 Å². The van der Waals surface area contributed by atoms with Crippen LogP contribution in [0.4, 0.5) is 0 Å². The molecule has 3 rings (SSSR count). The van der Waals surface area contributed by atoms with Crippen molar-refractivity contribution in [2.24, 2.45) is 5.92 Å². The molecule has 0 aromatic carbocycles. The second-order valence-electron chi connectivity index (χ2n) is 6.31. The predicted molar refractivity (Wildman–Crippen MR) is 86.1 cm³/mol. The molecule has 1 saturated heterocycles. The van der Waals surface area contributed by atoms with E-state index in [9.17, 15) is 4.79 Å². The largest absolute Gasteiger partial charge is 0.299 e. The number of rotatable bonds is 4. The summed E-state index contributed by atoms with van der Waals surface area (Å²) >= 11 is 3.69. The van der Waals surface area contributed by atoms with Gasteiger partial charge >= 0.3 is 0 Å². The van der Waals surface area contributed by atoms with E-state index in [0.717, 1.165) is 49.1 Å². The second kappa shape index (κ2) is 6.21. The minimum Gasteiger partial charge on any atom is -0.299 e. The van der Waals surface area contributed by atoms with Gasteiger partial charge in [0, 0.05) is 31.5 Å². The van der Waals surface area contributed by atoms with E-state index < -0.39 is 0 Å². The van der Waals surface area contributed by atoms with Crippen LogP contribution in [0.25, 0.3) is 0 Å². The molecule has 21 heavy (non-hydrogen) atoms. The van der Waals surface area contributed by atoms with Gasteiger partial charge in [0.05, 0.1) is 15.9 Å². The second-order valence-corrected chi connectivity index (χ2v) is 7.10. The molecule has 1 aliphatic heterocycles. The van der Waals surface area contributed by atoms with Crippen LogP contribution in [-0.2, 0) is 17.9 Å². The van der Waals surface area contributed by atoms with Gasteiger partial charge in [0.2, 0.25) is 0 Å². The topological polar surface area (TPSA) is 38.1 Å². The van der Waals surface area contributed by atoms with Crippen molar-refractivity contribution >= 4 is 21.7 Å². The van der Waals surface area contributed by atoms with Crippen molar-refractivity contribution in [3.05, 3.63) is 15.9 Å². The summed E-state index contributed by atoms with van der Waals surface area (Å²) in [6.07, 6.45) is 5.36. The van der Waals surface area contributed by atoms with Crippen molar-refractivity contribution < 1.29 is 4.79 Å². The van der Waals surface area contributed by atoms with Gasteiger partial charge in [0.25, 0.3) is 0 Å². The quantitative estimate of drug-likeness (QED) is 0.833. The molecule has 1 saturated carbocycles. The molecule has 2 atom stereocenters.